The number of hydrogen-bond donors (Lipinski definition) is 1. The maximum Gasteiger partial charge on any atom is 0.417 e. The normalized spacial score (nSPS) is 11.3. The molecule has 1 amide bonds. The van der Waals surface area contributed by atoms with Crippen LogP contribution in [0.4, 0.5) is 13.2 Å². The molecule has 152 valence electrons. The van der Waals surface area contributed by atoms with Crippen LogP contribution in [-0.2, 0) is 11.9 Å². The number of nitrogens with zero attached hydrogens (tertiary/aromatic N) is 1. The van der Waals surface area contributed by atoms with Gasteiger partial charge in [0.05, 0.1) is 17.6 Å². The molecule has 5 nitrogen and oxygen atoms in total. The van der Waals surface area contributed by atoms with Gasteiger partial charge in [-0.15, -0.1) is 0 Å². The highest BCUT2D eigenvalue weighted by Gasteiger charge is 2.30. The summed E-state index contributed by atoms with van der Waals surface area (Å²) >= 11 is 1.65. The quantitative estimate of drug-likeness (QED) is 0.509. The highest BCUT2D eigenvalue weighted by Crippen LogP contribution is 2.30. The lowest BCUT2D eigenvalue weighted by Crippen LogP contribution is -2.25. The Hall–Kier alpha value is -2.94. The Morgan fingerprint density at radius 2 is 1.93 bits per heavy atom. The average Bonchev–Trinajstić information content (AvgIpc) is 3.21. The minimum absolute atomic E-state index is 0.0313. The molecule has 0 saturated heterocycles. The van der Waals surface area contributed by atoms with Crippen LogP contribution < -0.4 is 10.1 Å². The number of thioether (sulfide) groups is 1. The minimum Gasteiger partial charge on any atom is -0.468 e. The van der Waals surface area contributed by atoms with Crippen molar-refractivity contribution < 1.29 is 27.1 Å². The second kappa shape index (κ2) is 9.51. The lowest BCUT2D eigenvalue weighted by molar-refractivity contribution is -0.137. The second-order valence-electron chi connectivity index (χ2n) is 5.90. The van der Waals surface area contributed by atoms with E-state index in [0.29, 0.717) is 24.1 Å². The van der Waals surface area contributed by atoms with Gasteiger partial charge in [-0.1, -0.05) is 0 Å². The zero-order chi connectivity index (χ0) is 20.7. The van der Waals surface area contributed by atoms with E-state index in [9.17, 15) is 18.0 Å². The molecule has 0 aliphatic rings. The van der Waals surface area contributed by atoms with Gasteiger partial charge < -0.3 is 14.5 Å². The number of amides is 1. The van der Waals surface area contributed by atoms with Crippen LogP contribution in [0.2, 0.25) is 0 Å². The predicted molar refractivity (Wildman–Crippen MR) is 103 cm³/mol. The minimum atomic E-state index is -4.45. The van der Waals surface area contributed by atoms with Crippen LogP contribution in [0.1, 0.15) is 21.7 Å². The number of hydrogen-bond acceptors (Lipinski definition) is 5. The summed E-state index contributed by atoms with van der Waals surface area (Å²) in [5.74, 6) is 2.55. The lowest BCUT2D eigenvalue weighted by atomic mass is 10.2. The van der Waals surface area contributed by atoms with Crippen molar-refractivity contribution >= 4 is 17.7 Å². The standard InChI is InChI=1S/C20H17F3N2O3S/c21-20(22,23)15-5-8-18(25-12-15)28-16-6-3-14(4-7-16)19(26)24-9-11-29-13-17-2-1-10-27-17/h1-8,10,12H,9,11,13H2,(H,24,26). The summed E-state index contributed by atoms with van der Waals surface area (Å²) < 4.78 is 48.3. The molecule has 0 saturated carbocycles. The van der Waals surface area contributed by atoms with E-state index in [0.717, 1.165) is 29.4 Å². The molecule has 0 fully saturated rings. The fourth-order valence-electron chi connectivity index (χ4n) is 2.31. The van der Waals surface area contributed by atoms with E-state index in [4.69, 9.17) is 9.15 Å². The number of ether oxygens (including phenoxy) is 1. The van der Waals surface area contributed by atoms with Crippen molar-refractivity contribution in [3.63, 3.8) is 0 Å². The zero-order valence-electron chi connectivity index (χ0n) is 15.1. The highest BCUT2D eigenvalue weighted by atomic mass is 32.2. The first-order chi connectivity index (χ1) is 13.9. The van der Waals surface area contributed by atoms with Crippen molar-refractivity contribution in [3.05, 3.63) is 77.9 Å². The Morgan fingerprint density at radius 3 is 2.55 bits per heavy atom. The molecule has 3 aromatic rings. The van der Waals surface area contributed by atoms with Crippen LogP contribution >= 0.6 is 11.8 Å². The van der Waals surface area contributed by atoms with Gasteiger partial charge in [0.15, 0.2) is 0 Å². The summed E-state index contributed by atoms with van der Waals surface area (Å²) in [4.78, 5) is 15.8. The summed E-state index contributed by atoms with van der Waals surface area (Å²) in [5.41, 5.74) is -0.395. The molecule has 0 spiro atoms. The average molecular weight is 422 g/mol. The largest absolute Gasteiger partial charge is 0.468 e. The number of furan rings is 1. The molecule has 3 rings (SSSR count). The van der Waals surface area contributed by atoms with Crippen molar-refractivity contribution in [3.8, 4) is 11.6 Å². The highest BCUT2D eigenvalue weighted by molar-refractivity contribution is 7.98. The summed E-state index contributed by atoms with van der Waals surface area (Å²) in [6.45, 7) is 0.512. The first-order valence-corrected chi connectivity index (χ1v) is 9.77. The van der Waals surface area contributed by atoms with Crippen molar-refractivity contribution in [2.45, 2.75) is 11.9 Å². The molecule has 1 N–H and O–H groups in total. The molecule has 9 heteroatoms. The number of alkyl halides is 3. The van der Waals surface area contributed by atoms with Crippen LogP contribution in [0.15, 0.2) is 65.4 Å². The Labute approximate surface area is 169 Å². The van der Waals surface area contributed by atoms with Gasteiger partial charge in [-0.3, -0.25) is 4.79 Å². The van der Waals surface area contributed by atoms with Gasteiger partial charge in [-0.25, -0.2) is 4.98 Å². The van der Waals surface area contributed by atoms with Gasteiger partial charge in [0, 0.05) is 30.1 Å². The van der Waals surface area contributed by atoms with Crippen LogP contribution in [0.5, 0.6) is 11.6 Å². The first-order valence-electron chi connectivity index (χ1n) is 8.61. The summed E-state index contributed by atoms with van der Waals surface area (Å²) in [6, 6.07) is 12.0. The van der Waals surface area contributed by atoms with E-state index in [2.05, 4.69) is 10.3 Å². The molecule has 0 aliphatic heterocycles. The molecular formula is C20H17F3N2O3S. The van der Waals surface area contributed by atoms with E-state index < -0.39 is 11.7 Å². The van der Waals surface area contributed by atoms with Gasteiger partial charge in [0.25, 0.3) is 5.91 Å². The molecule has 2 aromatic heterocycles. The van der Waals surface area contributed by atoms with Gasteiger partial charge in [-0.05, 0) is 42.5 Å². The van der Waals surface area contributed by atoms with E-state index >= 15 is 0 Å². The van der Waals surface area contributed by atoms with E-state index in [1.165, 1.54) is 0 Å². The smallest absolute Gasteiger partial charge is 0.417 e. The number of pyridine rings is 1. The van der Waals surface area contributed by atoms with Gasteiger partial charge in [0.1, 0.15) is 11.5 Å². The summed E-state index contributed by atoms with van der Waals surface area (Å²) in [6.07, 6.45) is -2.11. The third-order valence-electron chi connectivity index (χ3n) is 3.76. The number of halogens is 3. The van der Waals surface area contributed by atoms with Crippen LogP contribution in [0.3, 0.4) is 0 Å². The molecule has 29 heavy (non-hydrogen) atoms. The second-order valence-corrected chi connectivity index (χ2v) is 7.00. The Balaban J connectivity index is 1.44. The maximum atomic E-state index is 12.5. The molecule has 0 radical (unpaired) electrons. The van der Waals surface area contributed by atoms with E-state index in [-0.39, 0.29) is 11.8 Å². The topological polar surface area (TPSA) is 64.4 Å². The van der Waals surface area contributed by atoms with Crippen LogP contribution in [-0.4, -0.2) is 23.2 Å². The molecule has 0 atom stereocenters. The van der Waals surface area contributed by atoms with Crippen molar-refractivity contribution in [2.75, 3.05) is 12.3 Å². The fourth-order valence-corrected chi connectivity index (χ4v) is 3.07. The SMILES string of the molecule is O=C(NCCSCc1ccco1)c1ccc(Oc2ccc(C(F)(F)F)cn2)cc1. The number of rotatable bonds is 8. The molecule has 0 unspecified atom stereocenters. The number of carbonyl (C=O) groups excluding carboxylic acids is 1. The van der Waals surface area contributed by atoms with Crippen molar-refractivity contribution in [2.24, 2.45) is 0 Å². The van der Waals surface area contributed by atoms with Crippen molar-refractivity contribution in [1.82, 2.24) is 10.3 Å². The van der Waals surface area contributed by atoms with Gasteiger partial charge in [0.2, 0.25) is 5.88 Å². The fraction of sp³-hybridized carbons (Fsp3) is 0.200. The molecule has 1 aromatic carbocycles. The summed E-state index contributed by atoms with van der Waals surface area (Å²) in [7, 11) is 0. The number of benzene rings is 1. The third-order valence-corrected chi connectivity index (χ3v) is 4.74. The van der Waals surface area contributed by atoms with E-state index in [1.54, 1.807) is 42.3 Å². The Bertz CT molecular complexity index is 912. The maximum absolute atomic E-state index is 12.5. The van der Waals surface area contributed by atoms with Crippen LogP contribution in [0.25, 0.3) is 0 Å². The summed E-state index contributed by atoms with van der Waals surface area (Å²) in [5, 5.41) is 2.82. The Morgan fingerprint density at radius 1 is 1.14 bits per heavy atom. The van der Waals surface area contributed by atoms with Gasteiger partial charge >= 0.3 is 6.18 Å². The lowest BCUT2D eigenvalue weighted by Gasteiger charge is -2.09. The third kappa shape index (κ3) is 6.28. The monoisotopic (exact) mass is 422 g/mol. The molecule has 2 heterocycles. The predicted octanol–water partition coefficient (Wildman–Crippen LogP) is 5.15. The van der Waals surface area contributed by atoms with Gasteiger partial charge in [-0.2, -0.15) is 24.9 Å². The molecule has 0 bridgehead atoms. The number of nitrogens with one attached hydrogen (secondary N) is 1. The van der Waals surface area contributed by atoms with E-state index in [1.807, 2.05) is 12.1 Å². The first kappa shape index (κ1) is 20.8. The molecular weight excluding hydrogens is 405 g/mol. The number of aromatic nitrogens is 1. The van der Waals surface area contributed by atoms with Crippen molar-refractivity contribution in [1.29, 1.82) is 0 Å². The zero-order valence-corrected chi connectivity index (χ0v) is 15.9. The van der Waals surface area contributed by atoms with Crippen LogP contribution in [0, 0.1) is 0 Å². The molecule has 0 aliphatic carbocycles. The Kier molecular flexibility index (Phi) is 6.82. The number of carbonyl (C=O) groups is 1.